The van der Waals surface area contributed by atoms with E-state index in [0.29, 0.717) is 12.5 Å². The molecule has 20 heavy (non-hydrogen) atoms. The van der Waals surface area contributed by atoms with Gasteiger partial charge in [0.2, 0.25) is 0 Å². The second-order valence-electron chi connectivity index (χ2n) is 5.11. The van der Waals surface area contributed by atoms with E-state index in [1.165, 1.54) is 6.07 Å². The van der Waals surface area contributed by atoms with Crippen LogP contribution in [0.4, 0.5) is 4.39 Å². The lowest BCUT2D eigenvalue weighted by atomic mass is 10.1. The Balaban J connectivity index is 1.83. The average molecular weight is 293 g/mol. The molecule has 5 heteroatoms. The smallest absolute Gasteiger partial charge is 0.123 e. The molecule has 0 atom stereocenters. The van der Waals surface area contributed by atoms with Crippen molar-refractivity contribution >= 4 is 11.3 Å². The van der Waals surface area contributed by atoms with Crippen LogP contribution in [-0.4, -0.2) is 22.8 Å². The van der Waals surface area contributed by atoms with Crippen LogP contribution in [0.5, 0.6) is 0 Å². The largest absolute Gasteiger partial charge is 0.315 e. The van der Waals surface area contributed by atoms with E-state index in [0.717, 1.165) is 35.0 Å². The lowest BCUT2D eigenvalue weighted by molar-refractivity contribution is 0.569. The highest BCUT2D eigenvalue weighted by atomic mass is 32.1. The summed E-state index contributed by atoms with van der Waals surface area (Å²) in [7, 11) is 0. The van der Waals surface area contributed by atoms with Crippen LogP contribution in [0.15, 0.2) is 24.3 Å². The van der Waals surface area contributed by atoms with Gasteiger partial charge in [0.15, 0.2) is 0 Å². The highest BCUT2D eigenvalue weighted by Crippen LogP contribution is 2.16. The van der Waals surface area contributed by atoms with Gasteiger partial charge in [-0.1, -0.05) is 26.0 Å². The fourth-order valence-electron chi connectivity index (χ4n) is 1.91. The summed E-state index contributed by atoms with van der Waals surface area (Å²) in [5.74, 6) is -0.202. The molecule has 1 N–H and O–H groups in total. The van der Waals surface area contributed by atoms with Crippen LogP contribution < -0.4 is 5.32 Å². The van der Waals surface area contributed by atoms with Crippen molar-refractivity contribution in [3.05, 3.63) is 45.7 Å². The van der Waals surface area contributed by atoms with Gasteiger partial charge in [0.25, 0.3) is 0 Å². The van der Waals surface area contributed by atoms with Crippen molar-refractivity contribution < 1.29 is 4.39 Å². The Morgan fingerprint density at radius 3 is 2.80 bits per heavy atom. The number of aromatic nitrogens is 2. The molecule has 0 radical (unpaired) electrons. The van der Waals surface area contributed by atoms with Gasteiger partial charge in [-0.15, -0.1) is 21.5 Å². The van der Waals surface area contributed by atoms with Gasteiger partial charge >= 0.3 is 0 Å². The molecular formula is C15H20FN3S. The van der Waals surface area contributed by atoms with E-state index in [-0.39, 0.29) is 5.82 Å². The second kappa shape index (κ2) is 7.45. The van der Waals surface area contributed by atoms with Gasteiger partial charge in [-0.25, -0.2) is 4.39 Å². The van der Waals surface area contributed by atoms with Gasteiger partial charge < -0.3 is 5.32 Å². The maximum absolute atomic E-state index is 13.1. The lowest BCUT2D eigenvalue weighted by Gasteiger charge is -2.05. The van der Waals surface area contributed by atoms with E-state index in [2.05, 4.69) is 29.4 Å². The van der Waals surface area contributed by atoms with Crippen molar-refractivity contribution in [2.75, 3.05) is 6.54 Å². The Kier molecular flexibility index (Phi) is 5.61. The summed E-state index contributed by atoms with van der Waals surface area (Å²) in [5, 5.41) is 13.8. The Hall–Kier alpha value is -1.33. The first-order chi connectivity index (χ1) is 9.63. The molecule has 0 saturated heterocycles. The molecular weight excluding hydrogens is 273 g/mol. The maximum atomic E-state index is 13.1. The van der Waals surface area contributed by atoms with Gasteiger partial charge in [0, 0.05) is 18.9 Å². The van der Waals surface area contributed by atoms with Gasteiger partial charge in [-0.2, -0.15) is 0 Å². The average Bonchev–Trinajstić information content (AvgIpc) is 2.82. The molecule has 1 heterocycles. The predicted molar refractivity (Wildman–Crippen MR) is 80.6 cm³/mol. The fraction of sp³-hybridized carbons (Fsp3) is 0.467. The molecule has 0 aliphatic heterocycles. The van der Waals surface area contributed by atoms with Gasteiger partial charge in [0.1, 0.15) is 15.8 Å². The molecule has 2 rings (SSSR count). The standard InChI is InChI=1S/C15H20FN3S/c1-11(2)17-8-4-7-14-18-19-15(20-14)10-12-5-3-6-13(16)9-12/h3,5-6,9,11,17H,4,7-8,10H2,1-2H3. The summed E-state index contributed by atoms with van der Waals surface area (Å²) >= 11 is 1.62. The number of benzene rings is 1. The number of nitrogens with zero attached hydrogens (tertiary/aromatic N) is 2. The van der Waals surface area contributed by atoms with E-state index in [1.807, 2.05) is 6.07 Å². The predicted octanol–water partition coefficient (Wildman–Crippen LogP) is 3.20. The van der Waals surface area contributed by atoms with E-state index in [4.69, 9.17) is 0 Å². The summed E-state index contributed by atoms with van der Waals surface area (Å²) < 4.78 is 13.1. The zero-order chi connectivity index (χ0) is 14.4. The summed E-state index contributed by atoms with van der Waals surface area (Å²) in [6.07, 6.45) is 2.66. The maximum Gasteiger partial charge on any atom is 0.123 e. The number of rotatable bonds is 7. The van der Waals surface area contributed by atoms with Crippen LogP contribution in [0.25, 0.3) is 0 Å². The Labute approximate surface area is 123 Å². The minimum Gasteiger partial charge on any atom is -0.315 e. The van der Waals surface area contributed by atoms with Crippen LogP contribution in [0.2, 0.25) is 0 Å². The third-order valence-electron chi connectivity index (χ3n) is 2.87. The van der Waals surface area contributed by atoms with Crippen molar-refractivity contribution in [3.63, 3.8) is 0 Å². The van der Waals surface area contributed by atoms with Crippen LogP contribution in [0.3, 0.4) is 0 Å². The molecule has 0 aliphatic carbocycles. The third kappa shape index (κ3) is 4.98. The molecule has 1 aromatic heterocycles. The summed E-state index contributed by atoms with van der Waals surface area (Å²) in [6.45, 7) is 5.28. The topological polar surface area (TPSA) is 37.8 Å². The second-order valence-corrected chi connectivity index (χ2v) is 6.26. The zero-order valence-corrected chi connectivity index (χ0v) is 12.7. The first-order valence-electron chi connectivity index (χ1n) is 6.92. The Bertz CT molecular complexity index is 539. The number of nitrogens with one attached hydrogen (secondary N) is 1. The number of hydrogen-bond acceptors (Lipinski definition) is 4. The zero-order valence-electron chi connectivity index (χ0n) is 11.9. The van der Waals surface area contributed by atoms with Crippen LogP contribution in [-0.2, 0) is 12.8 Å². The van der Waals surface area contributed by atoms with Crippen molar-refractivity contribution in [1.29, 1.82) is 0 Å². The minimum absolute atomic E-state index is 0.202. The normalized spacial score (nSPS) is 11.2. The third-order valence-corrected chi connectivity index (χ3v) is 3.86. The molecule has 1 aromatic carbocycles. The molecule has 0 saturated carbocycles. The van der Waals surface area contributed by atoms with E-state index < -0.39 is 0 Å². The van der Waals surface area contributed by atoms with E-state index in [1.54, 1.807) is 23.5 Å². The Morgan fingerprint density at radius 1 is 1.25 bits per heavy atom. The van der Waals surface area contributed by atoms with Crippen molar-refractivity contribution in [2.45, 2.75) is 39.2 Å². The van der Waals surface area contributed by atoms with Crippen molar-refractivity contribution in [3.8, 4) is 0 Å². The SMILES string of the molecule is CC(C)NCCCc1nnc(Cc2cccc(F)c2)s1. The first-order valence-corrected chi connectivity index (χ1v) is 7.74. The highest BCUT2D eigenvalue weighted by Gasteiger charge is 2.06. The molecule has 0 aliphatic rings. The van der Waals surface area contributed by atoms with Crippen LogP contribution in [0.1, 0.15) is 35.8 Å². The van der Waals surface area contributed by atoms with E-state index >= 15 is 0 Å². The van der Waals surface area contributed by atoms with Gasteiger partial charge in [-0.3, -0.25) is 0 Å². The van der Waals surface area contributed by atoms with Crippen LogP contribution >= 0.6 is 11.3 Å². The molecule has 3 nitrogen and oxygen atoms in total. The van der Waals surface area contributed by atoms with Crippen LogP contribution in [0, 0.1) is 5.82 Å². The molecule has 0 unspecified atom stereocenters. The summed E-state index contributed by atoms with van der Waals surface area (Å²) in [4.78, 5) is 0. The first kappa shape index (κ1) is 15.1. The van der Waals surface area contributed by atoms with Crippen molar-refractivity contribution in [2.24, 2.45) is 0 Å². The Morgan fingerprint density at radius 2 is 2.05 bits per heavy atom. The highest BCUT2D eigenvalue weighted by molar-refractivity contribution is 7.11. The van der Waals surface area contributed by atoms with Gasteiger partial charge in [0.05, 0.1) is 0 Å². The summed E-state index contributed by atoms with van der Waals surface area (Å²) in [6, 6.07) is 7.17. The fourth-order valence-corrected chi connectivity index (χ4v) is 2.83. The molecule has 0 bridgehead atoms. The lowest BCUT2D eigenvalue weighted by Crippen LogP contribution is -2.23. The molecule has 108 valence electrons. The molecule has 0 amide bonds. The monoisotopic (exact) mass is 293 g/mol. The minimum atomic E-state index is -0.202. The molecule has 0 spiro atoms. The quantitative estimate of drug-likeness (QED) is 0.797. The van der Waals surface area contributed by atoms with E-state index in [9.17, 15) is 4.39 Å². The molecule has 0 fully saturated rings. The molecule has 2 aromatic rings. The van der Waals surface area contributed by atoms with Gasteiger partial charge in [-0.05, 0) is 30.7 Å². The number of hydrogen-bond donors (Lipinski definition) is 1. The van der Waals surface area contributed by atoms with Crippen molar-refractivity contribution in [1.82, 2.24) is 15.5 Å². The number of aryl methyl sites for hydroxylation is 1. The summed E-state index contributed by atoms with van der Waals surface area (Å²) in [5.41, 5.74) is 0.939. The number of halogens is 1.